The number of sulfonamides is 1. The van der Waals surface area contributed by atoms with E-state index in [-0.39, 0.29) is 0 Å². The monoisotopic (exact) mass is 176 g/mol. The van der Waals surface area contributed by atoms with Gasteiger partial charge in [0.15, 0.2) is 5.75 Å². The number of nitrogens with zero attached hydrogens (tertiary/aromatic N) is 2. The maximum Gasteiger partial charge on any atom is 0.227 e. The highest BCUT2D eigenvalue weighted by molar-refractivity contribution is 7.89. The van der Waals surface area contributed by atoms with Crippen LogP contribution < -0.4 is 0 Å². The van der Waals surface area contributed by atoms with Crippen LogP contribution in [0.5, 0.6) is 0 Å². The van der Waals surface area contributed by atoms with Gasteiger partial charge in [-0.2, -0.15) is 5.26 Å². The minimum absolute atomic E-state index is 0.422. The van der Waals surface area contributed by atoms with E-state index in [9.17, 15) is 8.42 Å². The molecule has 0 unspecified atom stereocenters. The lowest BCUT2D eigenvalue weighted by Crippen LogP contribution is -2.32. The minimum Gasteiger partial charge on any atom is -0.211 e. The van der Waals surface area contributed by atoms with Crippen molar-refractivity contribution in [2.45, 2.75) is 13.8 Å². The molecule has 64 valence electrons. The molecule has 0 aromatic heterocycles. The summed E-state index contributed by atoms with van der Waals surface area (Å²) in [6.07, 6.45) is 0. The van der Waals surface area contributed by atoms with E-state index in [4.69, 9.17) is 5.26 Å². The molecule has 0 aliphatic carbocycles. The van der Waals surface area contributed by atoms with E-state index in [0.717, 1.165) is 0 Å². The van der Waals surface area contributed by atoms with Gasteiger partial charge < -0.3 is 0 Å². The third-order valence-electron chi connectivity index (χ3n) is 1.35. The maximum absolute atomic E-state index is 11.1. The standard InChI is InChI=1S/C6H12N2O2S/c1-3-8(4-2)11(9,10)6-5-7/h3-4,6H2,1-2H3. The molecular weight excluding hydrogens is 164 g/mol. The number of hydrogen-bond donors (Lipinski definition) is 0. The molecule has 0 heterocycles. The van der Waals surface area contributed by atoms with E-state index in [2.05, 4.69) is 0 Å². The normalized spacial score (nSPS) is 11.5. The zero-order valence-electron chi connectivity index (χ0n) is 6.74. The van der Waals surface area contributed by atoms with Crippen LogP contribution in [0.25, 0.3) is 0 Å². The Balaban J connectivity index is 4.42. The molecule has 0 bridgehead atoms. The van der Waals surface area contributed by atoms with E-state index in [1.54, 1.807) is 19.9 Å². The molecule has 0 amide bonds. The van der Waals surface area contributed by atoms with Gasteiger partial charge in [0.25, 0.3) is 0 Å². The van der Waals surface area contributed by atoms with Crippen LogP contribution >= 0.6 is 0 Å². The van der Waals surface area contributed by atoms with E-state index >= 15 is 0 Å². The Morgan fingerprint density at radius 2 is 1.82 bits per heavy atom. The first-order valence-corrected chi connectivity index (χ1v) is 5.04. The quantitative estimate of drug-likeness (QED) is 0.614. The Kier molecular flexibility index (Phi) is 4.08. The van der Waals surface area contributed by atoms with Crippen LogP contribution in [0.15, 0.2) is 0 Å². The average molecular weight is 176 g/mol. The summed E-state index contributed by atoms with van der Waals surface area (Å²) in [5.74, 6) is -0.422. The third kappa shape index (κ3) is 2.87. The van der Waals surface area contributed by atoms with Gasteiger partial charge in [0.1, 0.15) is 0 Å². The fourth-order valence-corrected chi connectivity index (χ4v) is 1.92. The molecule has 0 N–H and O–H groups in total. The molecule has 0 atom stereocenters. The van der Waals surface area contributed by atoms with Crippen LogP contribution in [0.2, 0.25) is 0 Å². The Hall–Kier alpha value is -0.600. The summed E-state index contributed by atoms with van der Waals surface area (Å²) in [4.78, 5) is 0. The highest BCUT2D eigenvalue weighted by Gasteiger charge is 2.17. The van der Waals surface area contributed by atoms with Gasteiger partial charge >= 0.3 is 0 Å². The van der Waals surface area contributed by atoms with Crippen LogP contribution in [-0.4, -0.2) is 31.6 Å². The highest BCUT2D eigenvalue weighted by Crippen LogP contribution is 1.98. The Bertz CT molecular complexity index is 236. The predicted molar refractivity (Wildman–Crippen MR) is 42.3 cm³/mol. The predicted octanol–water partition coefficient (Wildman–Crippen LogP) is 0.182. The molecule has 0 aromatic carbocycles. The topological polar surface area (TPSA) is 61.2 Å². The summed E-state index contributed by atoms with van der Waals surface area (Å²) in [6.45, 7) is 4.36. The summed E-state index contributed by atoms with van der Waals surface area (Å²) in [5, 5.41) is 8.19. The van der Waals surface area contributed by atoms with Crippen molar-refractivity contribution in [3.05, 3.63) is 0 Å². The number of hydrogen-bond acceptors (Lipinski definition) is 3. The molecule has 0 aromatic rings. The van der Waals surface area contributed by atoms with Crippen molar-refractivity contribution < 1.29 is 8.42 Å². The molecule has 0 fully saturated rings. The van der Waals surface area contributed by atoms with Crippen molar-refractivity contribution in [2.75, 3.05) is 18.8 Å². The van der Waals surface area contributed by atoms with Crippen molar-refractivity contribution in [3.8, 4) is 6.07 Å². The molecule has 0 spiro atoms. The molecule has 4 nitrogen and oxygen atoms in total. The molecule has 5 heteroatoms. The largest absolute Gasteiger partial charge is 0.227 e. The van der Waals surface area contributed by atoms with Crippen molar-refractivity contribution in [1.29, 1.82) is 5.26 Å². The lowest BCUT2D eigenvalue weighted by atomic mass is 10.7. The second kappa shape index (κ2) is 4.31. The molecule has 0 rings (SSSR count). The van der Waals surface area contributed by atoms with Gasteiger partial charge in [-0.1, -0.05) is 13.8 Å². The first kappa shape index (κ1) is 10.4. The first-order valence-electron chi connectivity index (χ1n) is 3.43. The lowest BCUT2D eigenvalue weighted by Gasteiger charge is -2.15. The molecular formula is C6H12N2O2S. The van der Waals surface area contributed by atoms with Crippen LogP contribution in [0.4, 0.5) is 0 Å². The van der Waals surface area contributed by atoms with Crippen LogP contribution in [0.3, 0.4) is 0 Å². The molecule has 0 aliphatic heterocycles. The average Bonchev–Trinajstić information content (AvgIpc) is 1.89. The molecule has 0 saturated carbocycles. The lowest BCUT2D eigenvalue weighted by molar-refractivity contribution is 0.448. The first-order chi connectivity index (χ1) is 5.08. The van der Waals surface area contributed by atoms with Gasteiger partial charge in [-0.05, 0) is 0 Å². The zero-order chi connectivity index (χ0) is 8.91. The van der Waals surface area contributed by atoms with Crippen molar-refractivity contribution in [3.63, 3.8) is 0 Å². The van der Waals surface area contributed by atoms with Crippen LogP contribution in [0.1, 0.15) is 13.8 Å². The molecule has 11 heavy (non-hydrogen) atoms. The van der Waals surface area contributed by atoms with Crippen molar-refractivity contribution in [2.24, 2.45) is 0 Å². The zero-order valence-corrected chi connectivity index (χ0v) is 7.56. The summed E-state index contributed by atoms with van der Waals surface area (Å²) in [7, 11) is -3.30. The Morgan fingerprint density at radius 1 is 1.36 bits per heavy atom. The van der Waals surface area contributed by atoms with E-state index in [1.165, 1.54) is 4.31 Å². The smallest absolute Gasteiger partial charge is 0.211 e. The fraction of sp³-hybridized carbons (Fsp3) is 0.833. The SMILES string of the molecule is CCN(CC)S(=O)(=O)CC#N. The van der Waals surface area contributed by atoms with Crippen molar-refractivity contribution in [1.82, 2.24) is 4.31 Å². The van der Waals surface area contributed by atoms with E-state index < -0.39 is 15.8 Å². The summed E-state index contributed by atoms with van der Waals surface area (Å²) >= 11 is 0. The second-order valence-electron chi connectivity index (χ2n) is 2.00. The highest BCUT2D eigenvalue weighted by atomic mass is 32.2. The van der Waals surface area contributed by atoms with E-state index in [0.29, 0.717) is 13.1 Å². The van der Waals surface area contributed by atoms with Crippen molar-refractivity contribution >= 4 is 10.0 Å². The van der Waals surface area contributed by atoms with Gasteiger partial charge in [-0.25, -0.2) is 12.7 Å². The fourth-order valence-electron chi connectivity index (χ4n) is 0.790. The van der Waals surface area contributed by atoms with Gasteiger partial charge in [0.05, 0.1) is 6.07 Å². The summed E-state index contributed by atoms with van der Waals surface area (Å²) < 4.78 is 23.5. The van der Waals surface area contributed by atoms with Gasteiger partial charge in [0, 0.05) is 13.1 Å². The van der Waals surface area contributed by atoms with Crippen LogP contribution in [-0.2, 0) is 10.0 Å². The maximum atomic E-state index is 11.1. The molecule has 0 aliphatic rings. The van der Waals surface area contributed by atoms with Gasteiger partial charge in [-0.15, -0.1) is 0 Å². The summed E-state index contributed by atoms with van der Waals surface area (Å²) in [6, 6.07) is 1.63. The van der Waals surface area contributed by atoms with Gasteiger partial charge in [0.2, 0.25) is 10.0 Å². The Morgan fingerprint density at radius 3 is 2.09 bits per heavy atom. The van der Waals surface area contributed by atoms with Crippen LogP contribution in [0, 0.1) is 11.3 Å². The van der Waals surface area contributed by atoms with E-state index in [1.807, 2.05) is 0 Å². The molecule has 0 saturated heterocycles. The Labute approximate surface area is 67.5 Å². The van der Waals surface area contributed by atoms with Gasteiger partial charge in [-0.3, -0.25) is 0 Å². The third-order valence-corrected chi connectivity index (χ3v) is 3.14. The minimum atomic E-state index is -3.30. The summed E-state index contributed by atoms with van der Waals surface area (Å²) in [5.41, 5.74) is 0. The number of nitriles is 1. The second-order valence-corrected chi connectivity index (χ2v) is 3.97. The molecule has 0 radical (unpaired) electrons. The number of rotatable bonds is 4.